The molecule has 0 aromatic carbocycles. The van der Waals surface area contributed by atoms with E-state index >= 15 is 0 Å². The average molecular weight is 304 g/mol. The highest BCUT2D eigenvalue weighted by Crippen LogP contribution is 2.35. The van der Waals surface area contributed by atoms with Crippen molar-refractivity contribution in [2.24, 2.45) is 5.92 Å². The van der Waals surface area contributed by atoms with Crippen molar-refractivity contribution in [2.75, 3.05) is 0 Å². The maximum absolute atomic E-state index is 12.8. The van der Waals surface area contributed by atoms with Crippen LogP contribution >= 0.6 is 11.3 Å². The summed E-state index contributed by atoms with van der Waals surface area (Å²) in [6.45, 7) is 0.824. The Balaban J connectivity index is 1.38. The van der Waals surface area contributed by atoms with Gasteiger partial charge in [0, 0.05) is 31.1 Å². The average Bonchev–Trinajstić information content (AvgIpc) is 3.07. The Hall–Kier alpha value is -0.870. The zero-order valence-corrected chi connectivity index (χ0v) is 13.3. The largest absolute Gasteiger partial charge is 0.335 e. The molecule has 3 heterocycles. The van der Waals surface area contributed by atoms with Crippen LogP contribution in [0.2, 0.25) is 0 Å². The maximum atomic E-state index is 12.8. The molecule has 2 atom stereocenters. The fraction of sp³-hybridized carbons (Fsp3) is 0.706. The molecule has 1 aromatic rings. The van der Waals surface area contributed by atoms with E-state index < -0.39 is 0 Å². The van der Waals surface area contributed by atoms with Gasteiger partial charge in [0.15, 0.2) is 0 Å². The summed E-state index contributed by atoms with van der Waals surface area (Å²) in [4.78, 5) is 14.9. The Morgan fingerprint density at radius 3 is 2.62 bits per heavy atom. The van der Waals surface area contributed by atoms with E-state index in [0.29, 0.717) is 30.0 Å². The lowest BCUT2D eigenvalue weighted by atomic mass is 9.89. The van der Waals surface area contributed by atoms with Gasteiger partial charge in [0.25, 0.3) is 0 Å². The molecule has 3 nitrogen and oxygen atoms in total. The van der Waals surface area contributed by atoms with Gasteiger partial charge in [-0.3, -0.25) is 4.79 Å². The molecular weight excluding hydrogens is 280 g/mol. The summed E-state index contributed by atoms with van der Waals surface area (Å²) in [6.07, 6.45) is 8.22. The first-order chi connectivity index (χ1) is 10.3. The molecule has 1 N–H and O–H groups in total. The molecule has 2 aliphatic heterocycles. The maximum Gasteiger partial charge on any atom is 0.223 e. The third-order valence-corrected chi connectivity index (χ3v) is 6.01. The Kier molecular flexibility index (Phi) is 3.76. The van der Waals surface area contributed by atoms with Crippen molar-refractivity contribution in [1.29, 1.82) is 0 Å². The van der Waals surface area contributed by atoms with Crippen LogP contribution in [0.15, 0.2) is 16.8 Å². The number of thiophene rings is 1. The highest BCUT2D eigenvalue weighted by molar-refractivity contribution is 7.07. The minimum atomic E-state index is 0.398. The first-order valence-corrected chi connectivity index (χ1v) is 9.29. The number of piperidine rings is 1. The van der Waals surface area contributed by atoms with Gasteiger partial charge in [-0.05, 0) is 66.8 Å². The molecule has 114 valence electrons. The minimum Gasteiger partial charge on any atom is -0.335 e. The van der Waals surface area contributed by atoms with Crippen molar-refractivity contribution >= 4 is 17.2 Å². The lowest BCUT2D eigenvalue weighted by Gasteiger charge is -2.31. The van der Waals surface area contributed by atoms with Gasteiger partial charge in [0.1, 0.15) is 0 Å². The number of amides is 1. The van der Waals surface area contributed by atoms with Gasteiger partial charge >= 0.3 is 0 Å². The van der Waals surface area contributed by atoms with Crippen LogP contribution in [-0.2, 0) is 11.3 Å². The van der Waals surface area contributed by atoms with Gasteiger partial charge in [0.2, 0.25) is 5.91 Å². The standard InChI is InChI=1S/C17H24N2OS/c20-17(9-13-7-14-1-2-15(8-13)18-14)19(16-3-4-16)10-12-5-6-21-11-12/h5-6,11,13-16,18H,1-4,7-10H2. The van der Waals surface area contributed by atoms with Crippen molar-refractivity contribution in [1.82, 2.24) is 10.2 Å². The second-order valence-electron chi connectivity index (χ2n) is 7.06. The van der Waals surface area contributed by atoms with Crippen LogP contribution in [0.5, 0.6) is 0 Å². The second kappa shape index (κ2) is 5.73. The lowest BCUT2D eigenvalue weighted by Crippen LogP contribution is -2.40. The molecule has 4 rings (SSSR count). The number of carbonyl (C=O) groups is 1. The van der Waals surface area contributed by atoms with Crippen molar-refractivity contribution in [3.8, 4) is 0 Å². The van der Waals surface area contributed by atoms with Gasteiger partial charge in [-0.25, -0.2) is 0 Å². The number of hydrogen-bond donors (Lipinski definition) is 1. The lowest BCUT2D eigenvalue weighted by molar-refractivity contribution is -0.133. The number of carbonyl (C=O) groups excluding carboxylic acids is 1. The summed E-state index contributed by atoms with van der Waals surface area (Å²) in [7, 11) is 0. The molecule has 1 aromatic heterocycles. The van der Waals surface area contributed by atoms with E-state index in [2.05, 4.69) is 27.0 Å². The van der Waals surface area contributed by atoms with Crippen LogP contribution in [0.3, 0.4) is 0 Å². The van der Waals surface area contributed by atoms with E-state index in [0.717, 1.165) is 13.0 Å². The molecule has 4 heteroatoms. The van der Waals surface area contributed by atoms with E-state index in [9.17, 15) is 4.79 Å². The van der Waals surface area contributed by atoms with Crippen molar-refractivity contribution < 1.29 is 4.79 Å². The summed E-state index contributed by atoms with van der Waals surface area (Å²) in [5, 5.41) is 7.95. The topological polar surface area (TPSA) is 32.3 Å². The van der Waals surface area contributed by atoms with Crippen LogP contribution in [0.1, 0.15) is 50.5 Å². The molecule has 3 aliphatic rings. The molecule has 0 radical (unpaired) electrons. The Labute approximate surface area is 130 Å². The monoisotopic (exact) mass is 304 g/mol. The Morgan fingerprint density at radius 2 is 2.00 bits per heavy atom. The molecular formula is C17H24N2OS. The zero-order valence-electron chi connectivity index (χ0n) is 12.5. The third-order valence-electron chi connectivity index (χ3n) is 5.28. The zero-order chi connectivity index (χ0) is 14.2. The van der Waals surface area contributed by atoms with Gasteiger partial charge in [0.05, 0.1) is 0 Å². The van der Waals surface area contributed by atoms with Crippen LogP contribution in [0, 0.1) is 5.92 Å². The number of fused-ring (bicyclic) bond motifs is 2. The number of nitrogens with one attached hydrogen (secondary N) is 1. The SMILES string of the molecule is O=C(CC1CC2CCC(C1)N2)N(Cc1ccsc1)C1CC1. The van der Waals surface area contributed by atoms with E-state index in [1.807, 2.05) is 0 Å². The first-order valence-electron chi connectivity index (χ1n) is 8.34. The van der Waals surface area contributed by atoms with E-state index in [-0.39, 0.29) is 0 Å². The van der Waals surface area contributed by atoms with Crippen LogP contribution in [0.25, 0.3) is 0 Å². The molecule has 1 aliphatic carbocycles. The predicted molar refractivity (Wildman–Crippen MR) is 85.2 cm³/mol. The van der Waals surface area contributed by atoms with Gasteiger partial charge in [-0.2, -0.15) is 11.3 Å². The molecule has 1 saturated carbocycles. The Morgan fingerprint density at radius 1 is 1.24 bits per heavy atom. The van der Waals surface area contributed by atoms with Crippen molar-refractivity contribution in [3.63, 3.8) is 0 Å². The van der Waals surface area contributed by atoms with Crippen molar-refractivity contribution in [3.05, 3.63) is 22.4 Å². The summed E-state index contributed by atoms with van der Waals surface area (Å²) >= 11 is 1.72. The fourth-order valence-corrected chi connectivity index (χ4v) is 4.75. The number of rotatable bonds is 5. The summed E-state index contributed by atoms with van der Waals surface area (Å²) in [6, 6.07) is 4.05. The van der Waals surface area contributed by atoms with E-state index in [1.165, 1.54) is 44.1 Å². The van der Waals surface area contributed by atoms with Crippen LogP contribution in [0.4, 0.5) is 0 Å². The Bertz CT molecular complexity index is 485. The second-order valence-corrected chi connectivity index (χ2v) is 7.84. The first kappa shape index (κ1) is 13.8. The van der Waals surface area contributed by atoms with Gasteiger partial charge in [-0.15, -0.1) is 0 Å². The van der Waals surface area contributed by atoms with Gasteiger partial charge in [-0.1, -0.05) is 0 Å². The highest BCUT2D eigenvalue weighted by atomic mass is 32.1. The summed E-state index contributed by atoms with van der Waals surface area (Å²) < 4.78 is 0. The predicted octanol–water partition coefficient (Wildman–Crippen LogP) is 3.16. The number of nitrogens with zero attached hydrogens (tertiary/aromatic N) is 1. The van der Waals surface area contributed by atoms with E-state index in [4.69, 9.17) is 0 Å². The normalized spacial score (nSPS) is 31.3. The molecule has 3 fully saturated rings. The minimum absolute atomic E-state index is 0.398. The summed E-state index contributed by atoms with van der Waals surface area (Å²) in [5.41, 5.74) is 1.30. The highest BCUT2D eigenvalue weighted by Gasteiger charge is 2.37. The van der Waals surface area contributed by atoms with Crippen LogP contribution < -0.4 is 5.32 Å². The molecule has 1 amide bonds. The molecule has 2 unspecified atom stereocenters. The molecule has 0 spiro atoms. The summed E-state index contributed by atoms with van der Waals surface area (Å²) in [5.74, 6) is 1.01. The molecule has 21 heavy (non-hydrogen) atoms. The molecule has 2 saturated heterocycles. The van der Waals surface area contributed by atoms with Crippen molar-refractivity contribution in [2.45, 2.75) is 69.6 Å². The van der Waals surface area contributed by atoms with E-state index in [1.54, 1.807) is 11.3 Å². The third kappa shape index (κ3) is 3.16. The smallest absolute Gasteiger partial charge is 0.223 e. The quantitative estimate of drug-likeness (QED) is 0.906. The van der Waals surface area contributed by atoms with Crippen LogP contribution in [-0.4, -0.2) is 28.9 Å². The fourth-order valence-electron chi connectivity index (χ4n) is 4.09. The number of hydrogen-bond acceptors (Lipinski definition) is 3. The van der Waals surface area contributed by atoms with Gasteiger partial charge < -0.3 is 10.2 Å². The molecule has 2 bridgehead atoms.